The Hall–Kier alpha value is -13.0. The second-order valence-corrected chi connectivity index (χ2v) is 47.0. The molecule has 4 aromatic heterocycles. The van der Waals surface area contributed by atoms with Gasteiger partial charge in [0.15, 0.2) is 11.3 Å². The number of fused-ring (bicyclic) bond motifs is 29. The number of furan rings is 4. The second kappa shape index (κ2) is 35.3. The molecule has 8 heteroatoms. The van der Waals surface area contributed by atoms with E-state index in [0.717, 1.165) is 55.6 Å². The zero-order valence-electron chi connectivity index (χ0n) is 95.1. The summed E-state index contributed by atoms with van der Waals surface area (Å²) in [6, 6.07) is 26.4. The molecule has 4 aliphatic heterocycles. The largest absolute Gasteiger partial charge is 0.465 e. The number of benzene rings is 12. The molecule has 0 fully saturated rings. The summed E-state index contributed by atoms with van der Waals surface area (Å²) < 4.78 is 36.3. The summed E-state index contributed by atoms with van der Waals surface area (Å²) in [5.41, 5.74) is 84.7. The van der Waals surface area contributed by atoms with Crippen LogP contribution in [0.1, 0.15) is 345 Å². The normalized spacial score (nSPS) is 15.6. The fourth-order valence-corrected chi connectivity index (χ4v) is 30.7. The highest BCUT2D eigenvalue weighted by Gasteiger charge is 2.54. The van der Waals surface area contributed by atoms with E-state index in [2.05, 4.69) is 379 Å². The first kappa shape index (κ1) is 101. The van der Waals surface area contributed by atoms with Crippen molar-refractivity contribution in [3.63, 3.8) is 0 Å². The van der Waals surface area contributed by atoms with Gasteiger partial charge in [0.25, 0.3) is 0 Å². The molecule has 24 rings (SSSR count). The summed E-state index contributed by atoms with van der Waals surface area (Å²) in [5.74, 6) is 1.69. The van der Waals surface area contributed by atoms with Gasteiger partial charge in [-0.05, 0) is 677 Å². The quantitative estimate of drug-likeness (QED) is 0.149. The van der Waals surface area contributed by atoms with Gasteiger partial charge in [-0.15, -0.1) is 0 Å². The Labute approximate surface area is 887 Å². The fraction of sp³-hybridized carbons (Fsp3) is 0.314. The molecule has 0 bridgehead atoms. The van der Waals surface area contributed by atoms with Gasteiger partial charge >= 0.3 is 0 Å². The van der Waals surface area contributed by atoms with E-state index in [1.165, 1.54) is 343 Å². The van der Waals surface area contributed by atoms with Gasteiger partial charge in [0.05, 0.1) is 59.2 Å². The minimum Gasteiger partial charge on any atom is -0.465 e. The molecule has 8 heterocycles. The summed E-state index contributed by atoms with van der Waals surface area (Å²) in [4.78, 5) is 2.60. The third-order valence-corrected chi connectivity index (χ3v) is 41.6. The zero-order chi connectivity index (χ0) is 106. The maximum Gasteiger partial charge on any atom is 0.176 e. The maximum atomic E-state index is 6.31. The Morgan fingerprint density at radius 1 is 0.189 bits per heavy atom. The number of hydrogen-bond donors (Lipinski definition) is 0. The van der Waals surface area contributed by atoms with Gasteiger partial charge in [-0.25, -0.2) is 0 Å². The van der Waals surface area contributed by atoms with Gasteiger partial charge in [0, 0.05) is 48.5 Å². The van der Waals surface area contributed by atoms with Gasteiger partial charge < -0.3 is 27.1 Å². The van der Waals surface area contributed by atoms with Gasteiger partial charge in [-0.2, -0.15) is 0 Å². The molecule has 12 aromatic carbocycles. The van der Waals surface area contributed by atoms with Crippen molar-refractivity contribution in [1.29, 1.82) is 0 Å². The molecule has 6 nitrogen and oxygen atoms in total. The highest BCUT2D eigenvalue weighted by Crippen LogP contribution is 2.66. The van der Waals surface area contributed by atoms with Crippen LogP contribution < -0.4 is 9.47 Å². The van der Waals surface area contributed by atoms with Crippen LogP contribution in [-0.4, -0.2) is 0 Å². The van der Waals surface area contributed by atoms with E-state index in [9.17, 15) is 0 Å². The van der Waals surface area contributed by atoms with E-state index >= 15 is 0 Å². The molecule has 752 valence electrons. The molecule has 4 spiro atoms. The highest BCUT2D eigenvalue weighted by atomic mass is 32.2. The lowest BCUT2D eigenvalue weighted by Gasteiger charge is -2.42. The lowest BCUT2D eigenvalue weighted by molar-refractivity contribution is 0.437. The molecule has 0 atom stereocenters. The summed E-state index contributed by atoms with van der Waals surface area (Å²) in [6.45, 7) is 92.5. The van der Waals surface area contributed by atoms with Crippen LogP contribution in [0.3, 0.4) is 0 Å². The molecule has 16 aromatic rings. The van der Waals surface area contributed by atoms with Gasteiger partial charge in [-0.3, -0.25) is 0 Å². The molecule has 148 heavy (non-hydrogen) atoms. The van der Waals surface area contributed by atoms with Gasteiger partial charge in [0.2, 0.25) is 0 Å². The Balaban J connectivity index is 0.000000116. The minimum atomic E-state index is -0.515. The second-order valence-electron chi connectivity index (χ2n) is 45.1. The van der Waals surface area contributed by atoms with E-state index in [4.69, 9.17) is 27.1 Å². The Kier molecular flexibility index (Phi) is 24.1. The van der Waals surface area contributed by atoms with Crippen LogP contribution in [0, 0.1) is 222 Å². The summed E-state index contributed by atoms with van der Waals surface area (Å²) >= 11 is 3.64. The third-order valence-electron chi connectivity index (χ3n) is 39.9. The van der Waals surface area contributed by atoms with Crippen molar-refractivity contribution in [2.75, 3.05) is 0 Å². The molecular weight excluding hydrogens is 1840 g/mol. The van der Waals surface area contributed by atoms with Crippen molar-refractivity contribution in [2.45, 2.75) is 308 Å². The first-order chi connectivity index (χ1) is 70.1. The summed E-state index contributed by atoms with van der Waals surface area (Å²) in [7, 11) is 0. The number of thioether (sulfide) groups is 2. The minimum absolute atomic E-state index is 0.393. The molecular formula is C140H144O6S2. The van der Waals surface area contributed by atoms with Crippen LogP contribution in [0.15, 0.2) is 173 Å². The lowest BCUT2D eigenvalue weighted by Crippen LogP contribution is -2.34. The topological polar surface area (TPSA) is 71.0 Å². The van der Waals surface area contributed by atoms with Crippen LogP contribution in [0.5, 0.6) is 11.5 Å². The van der Waals surface area contributed by atoms with Gasteiger partial charge in [0.1, 0.15) is 22.5 Å². The van der Waals surface area contributed by atoms with E-state index in [1.807, 2.05) is 54.6 Å². The van der Waals surface area contributed by atoms with Crippen molar-refractivity contribution >= 4 is 112 Å². The van der Waals surface area contributed by atoms with Crippen molar-refractivity contribution in [2.24, 2.45) is 0 Å². The Bertz CT molecular complexity index is 7820. The van der Waals surface area contributed by atoms with Crippen LogP contribution in [-0.2, 0) is 21.7 Å². The number of hydrogen-bond acceptors (Lipinski definition) is 8. The summed E-state index contributed by atoms with van der Waals surface area (Å²) in [6.07, 6.45) is 20.6. The molecule has 0 radical (unpaired) electrons. The fourth-order valence-electron chi connectivity index (χ4n) is 28.7. The van der Waals surface area contributed by atoms with E-state index in [0.29, 0.717) is 0 Å². The molecule has 8 aliphatic rings. The maximum absolute atomic E-state index is 6.31. The molecule has 0 amide bonds. The van der Waals surface area contributed by atoms with Gasteiger partial charge in [-0.1, -0.05) is 47.8 Å². The van der Waals surface area contributed by atoms with Crippen molar-refractivity contribution in [1.82, 2.24) is 0 Å². The van der Waals surface area contributed by atoms with E-state index in [-0.39, 0.29) is 0 Å². The smallest absolute Gasteiger partial charge is 0.176 e. The van der Waals surface area contributed by atoms with E-state index < -0.39 is 21.7 Å². The number of rotatable bonds is 0. The highest BCUT2D eigenvalue weighted by molar-refractivity contribution is 8.02. The third kappa shape index (κ3) is 13.4. The average Bonchev–Trinajstić information content (AvgIpc) is 1.54. The monoisotopic (exact) mass is 1990 g/mol. The first-order valence-corrected chi connectivity index (χ1v) is 54.9. The number of ether oxygens (including phenoxy) is 2. The summed E-state index contributed by atoms with van der Waals surface area (Å²) in [5, 5.41) is 9.16. The Morgan fingerprint density at radius 3 is 0.743 bits per heavy atom. The van der Waals surface area contributed by atoms with E-state index in [1.54, 1.807) is 12.5 Å². The number of allylic oxidation sites excluding steroid dienone is 12. The van der Waals surface area contributed by atoms with Crippen molar-refractivity contribution in [3.8, 4) is 11.5 Å². The molecule has 4 aliphatic carbocycles. The molecule has 0 unspecified atom stereocenters. The molecule has 0 saturated heterocycles. The van der Waals surface area contributed by atoms with Crippen molar-refractivity contribution < 1.29 is 27.1 Å². The predicted octanol–water partition coefficient (Wildman–Crippen LogP) is 39.0. The molecule has 0 N–H and O–H groups in total. The van der Waals surface area contributed by atoms with Crippen LogP contribution in [0.25, 0.3) is 88.5 Å². The zero-order valence-corrected chi connectivity index (χ0v) is 96.8. The standard InChI is InChI=1S/2C35H36O2.2C35H36OS/c1-17-19(3)25(9)33-31(21(17)5)23(7)24(8)32-22(6)18(2)20(4)26(10)34(32)35(33)12-14-37-30-16-29-27(11-13-36-29)15-28(30)35;1-17-19(3)25(9)31-29(21(17)5)23(7)24(8)30-22(6)18(2)20(4)26(10)32(30)35(31)14-16-37-34-28(35)12-11-27-13-15-36-33(27)34;1-17-19(3)25(9)33-31(21(17)5)23(7)24(8)32-22(6)18(2)20(4)26(10)34(32)35(33)12-14-37-30-15-27-11-13-36-29(27)16-28(30)35;1-17-19(3)25(9)33-31(21(17)5)23(7)24(8)32-22(6)18(2)20(4)26(10)34(32)35(33)12-14-37-30-16-29-27(11-13-36-29)15-28(30)35/h4*11-16H,1-10H3. The van der Waals surface area contributed by atoms with Crippen LogP contribution in [0.4, 0.5) is 0 Å². The van der Waals surface area contributed by atoms with Crippen LogP contribution >= 0.6 is 23.5 Å². The lowest BCUT2D eigenvalue weighted by atomic mass is 9.62. The Morgan fingerprint density at radius 2 is 0.426 bits per heavy atom. The SMILES string of the molecule is CC1=C(C)c2c(C)c(C)c(C)c(C)c2C2(C=COc3c2ccc2ccoc32)c2c(C)c(C)c(C)c(C)c21.CC1=C(C)c2c(C)c(C)c(C)c(C)c2C2(C=COc3cc4occc4cc32)c2c(C)c(C)c(C)c(C)c21.CC1=C(C)c2c(C)c(C)c(C)c(C)c2C2(C=CSc3cc4ccoc4cc32)c2c(C)c(C)c(C)c(C)c21.CC1=C(C)c2c(C)c(C)c(C)c(C)c2C2(C=CSc3cc4occc4cc32)c2c(C)c(C)c(C)c(C)c21. The average molecular weight is 1990 g/mol. The van der Waals surface area contributed by atoms with Crippen LogP contribution in [0.2, 0.25) is 0 Å². The van der Waals surface area contributed by atoms with Crippen molar-refractivity contribution in [3.05, 3.63) is 435 Å². The first-order valence-electron chi connectivity index (χ1n) is 53.1. The molecule has 0 saturated carbocycles. The predicted molar refractivity (Wildman–Crippen MR) is 630 cm³/mol.